The summed E-state index contributed by atoms with van der Waals surface area (Å²) < 4.78 is 5.58. The number of amides is 1. The van der Waals surface area contributed by atoms with E-state index >= 15 is 0 Å². The van der Waals surface area contributed by atoms with E-state index in [1.165, 1.54) is 17.7 Å². The molecule has 0 aliphatic rings. The lowest BCUT2D eigenvalue weighted by Gasteiger charge is -2.09. The Bertz CT molecular complexity index is 687. The van der Waals surface area contributed by atoms with Crippen molar-refractivity contribution in [1.29, 1.82) is 0 Å². The van der Waals surface area contributed by atoms with Gasteiger partial charge in [0.05, 0.1) is 27.4 Å². The van der Waals surface area contributed by atoms with Gasteiger partial charge in [-0.2, -0.15) is 0 Å². The molecule has 3 nitrogen and oxygen atoms in total. The Labute approximate surface area is 150 Å². The highest BCUT2D eigenvalue weighted by atomic mass is 35.5. The van der Waals surface area contributed by atoms with Crippen molar-refractivity contribution in [2.45, 2.75) is 19.8 Å². The first kappa shape index (κ1) is 17.9. The molecule has 2 aromatic carbocycles. The summed E-state index contributed by atoms with van der Waals surface area (Å²) in [4.78, 5) is 11.9. The molecule has 122 valence electrons. The highest BCUT2D eigenvalue weighted by molar-refractivity contribution is 6.44. The van der Waals surface area contributed by atoms with Crippen LogP contribution in [0, 0.1) is 6.92 Å². The van der Waals surface area contributed by atoms with Gasteiger partial charge in [-0.3, -0.25) is 4.79 Å². The zero-order valence-corrected chi connectivity index (χ0v) is 14.8. The van der Waals surface area contributed by atoms with Gasteiger partial charge in [-0.15, -0.1) is 0 Å². The normalized spacial score (nSPS) is 10.4. The van der Waals surface area contributed by atoms with Gasteiger partial charge in [0.2, 0.25) is 5.91 Å². The van der Waals surface area contributed by atoms with Crippen LogP contribution < -0.4 is 10.1 Å². The zero-order chi connectivity index (χ0) is 16.8. The van der Waals surface area contributed by atoms with Gasteiger partial charge in [0, 0.05) is 6.42 Å². The maximum absolute atomic E-state index is 11.9. The van der Waals surface area contributed by atoms with Gasteiger partial charge in [0.25, 0.3) is 0 Å². The topological polar surface area (TPSA) is 38.3 Å². The summed E-state index contributed by atoms with van der Waals surface area (Å²) in [6.07, 6.45) is 0.918. The van der Waals surface area contributed by atoms with Crippen LogP contribution in [-0.2, 0) is 4.79 Å². The molecule has 0 aliphatic heterocycles. The number of aryl methyl sites for hydroxylation is 1. The Hall–Kier alpha value is -1.42. The lowest BCUT2D eigenvalue weighted by atomic mass is 10.2. The monoisotopic (exact) mass is 371 g/mol. The fourth-order valence-corrected chi connectivity index (χ4v) is 2.48. The maximum Gasteiger partial charge on any atom is 0.224 e. The van der Waals surface area contributed by atoms with Gasteiger partial charge < -0.3 is 10.1 Å². The molecule has 1 amide bonds. The summed E-state index contributed by atoms with van der Waals surface area (Å²) in [6, 6.07) is 10.8. The Morgan fingerprint density at radius 1 is 1.04 bits per heavy atom. The molecule has 0 radical (unpaired) electrons. The molecule has 0 spiro atoms. The van der Waals surface area contributed by atoms with E-state index < -0.39 is 0 Å². The van der Waals surface area contributed by atoms with Gasteiger partial charge >= 0.3 is 0 Å². The Morgan fingerprint density at radius 2 is 1.70 bits per heavy atom. The molecule has 0 aromatic heterocycles. The fraction of sp³-hybridized carbons (Fsp3) is 0.235. The average molecular weight is 373 g/mol. The van der Waals surface area contributed by atoms with Crippen LogP contribution in [0.25, 0.3) is 0 Å². The SMILES string of the molecule is Cc1ccc(OCCCC(=O)Nc2cc(Cl)c(Cl)cc2Cl)cc1. The van der Waals surface area contributed by atoms with E-state index in [1.807, 2.05) is 31.2 Å². The van der Waals surface area contributed by atoms with Crippen LogP contribution in [0.5, 0.6) is 5.75 Å². The maximum atomic E-state index is 11.9. The smallest absolute Gasteiger partial charge is 0.224 e. The number of nitrogens with one attached hydrogen (secondary N) is 1. The second kappa shape index (κ2) is 8.44. The quantitative estimate of drug-likeness (QED) is 0.517. The predicted octanol–water partition coefficient (Wildman–Crippen LogP) is 5.75. The van der Waals surface area contributed by atoms with Crippen molar-refractivity contribution in [2.24, 2.45) is 0 Å². The highest BCUT2D eigenvalue weighted by Gasteiger charge is 2.09. The van der Waals surface area contributed by atoms with Crippen LogP contribution in [0.3, 0.4) is 0 Å². The van der Waals surface area contributed by atoms with Crippen molar-refractivity contribution in [3.8, 4) is 5.75 Å². The van der Waals surface area contributed by atoms with Crippen molar-refractivity contribution in [3.05, 3.63) is 57.0 Å². The first-order chi connectivity index (χ1) is 11.0. The fourth-order valence-electron chi connectivity index (χ4n) is 1.89. The summed E-state index contributed by atoms with van der Waals surface area (Å²) in [7, 11) is 0. The van der Waals surface area contributed by atoms with Crippen LogP contribution in [0.2, 0.25) is 15.1 Å². The number of carbonyl (C=O) groups is 1. The standard InChI is InChI=1S/C17H16Cl3NO2/c1-11-4-6-12(7-5-11)23-8-2-3-17(22)21-16-10-14(19)13(18)9-15(16)20/h4-7,9-10H,2-3,8H2,1H3,(H,21,22). The van der Waals surface area contributed by atoms with Gasteiger partial charge in [-0.05, 0) is 37.6 Å². The Balaban J connectivity index is 1.77. The Kier molecular flexibility index (Phi) is 6.58. The molecular weight excluding hydrogens is 357 g/mol. The van der Waals surface area contributed by atoms with Crippen molar-refractivity contribution in [1.82, 2.24) is 0 Å². The lowest BCUT2D eigenvalue weighted by Crippen LogP contribution is -2.13. The summed E-state index contributed by atoms with van der Waals surface area (Å²) in [6.45, 7) is 2.48. The summed E-state index contributed by atoms with van der Waals surface area (Å²) in [5, 5.41) is 3.76. The van der Waals surface area contributed by atoms with Crippen molar-refractivity contribution >= 4 is 46.4 Å². The third-order valence-corrected chi connectivity index (χ3v) is 4.16. The zero-order valence-electron chi connectivity index (χ0n) is 12.5. The average Bonchev–Trinajstić information content (AvgIpc) is 2.51. The van der Waals surface area contributed by atoms with E-state index in [4.69, 9.17) is 39.5 Å². The van der Waals surface area contributed by atoms with E-state index in [-0.39, 0.29) is 5.91 Å². The van der Waals surface area contributed by atoms with E-state index in [9.17, 15) is 4.79 Å². The van der Waals surface area contributed by atoms with Crippen LogP contribution in [0.4, 0.5) is 5.69 Å². The number of hydrogen-bond acceptors (Lipinski definition) is 2. The second-order valence-electron chi connectivity index (χ2n) is 5.06. The van der Waals surface area contributed by atoms with Crippen LogP contribution in [-0.4, -0.2) is 12.5 Å². The third kappa shape index (κ3) is 5.61. The minimum atomic E-state index is -0.155. The minimum Gasteiger partial charge on any atom is -0.494 e. The molecule has 0 saturated heterocycles. The molecule has 0 bridgehead atoms. The summed E-state index contributed by atoms with van der Waals surface area (Å²) >= 11 is 17.8. The van der Waals surface area contributed by atoms with E-state index in [2.05, 4.69) is 5.32 Å². The molecule has 1 N–H and O–H groups in total. The molecule has 6 heteroatoms. The van der Waals surface area contributed by atoms with Gasteiger partial charge in [-0.1, -0.05) is 52.5 Å². The summed E-state index contributed by atoms with van der Waals surface area (Å²) in [5.74, 6) is 0.640. The largest absolute Gasteiger partial charge is 0.494 e. The number of anilines is 1. The molecule has 0 unspecified atom stereocenters. The van der Waals surface area contributed by atoms with Crippen LogP contribution >= 0.6 is 34.8 Å². The number of halogens is 3. The summed E-state index contributed by atoms with van der Waals surface area (Å²) in [5.41, 5.74) is 1.63. The first-order valence-corrected chi connectivity index (χ1v) is 8.23. The molecule has 2 aromatic rings. The Morgan fingerprint density at radius 3 is 2.39 bits per heavy atom. The predicted molar refractivity (Wildman–Crippen MR) is 96.0 cm³/mol. The molecule has 0 atom stereocenters. The third-order valence-electron chi connectivity index (χ3n) is 3.12. The van der Waals surface area contributed by atoms with Crippen molar-refractivity contribution < 1.29 is 9.53 Å². The second-order valence-corrected chi connectivity index (χ2v) is 6.28. The molecule has 0 aliphatic carbocycles. The lowest BCUT2D eigenvalue weighted by molar-refractivity contribution is -0.116. The van der Waals surface area contributed by atoms with Crippen LogP contribution in [0.1, 0.15) is 18.4 Å². The van der Waals surface area contributed by atoms with Gasteiger partial charge in [0.15, 0.2) is 0 Å². The molecule has 0 fully saturated rings. The number of carbonyl (C=O) groups excluding carboxylic acids is 1. The minimum absolute atomic E-state index is 0.155. The van der Waals surface area contributed by atoms with E-state index in [0.29, 0.717) is 40.2 Å². The molecule has 0 heterocycles. The van der Waals surface area contributed by atoms with Crippen LogP contribution in [0.15, 0.2) is 36.4 Å². The highest BCUT2D eigenvalue weighted by Crippen LogP contribution is 2.32. The molecule has 2 rings (SSSR count). The molecular formula is C17H16Cl3NO2. The first-order valence-electron chi connectivity index (χ1n) is 7.09. The molecule has 23 heavy (non-hydrogen) atoms. The number of benzene rings is 2. The number of hydrogen-bond donors (Lipinski definition) is 1. The van der Waals surface area contributed by atoms with Crippen molar-refractivity contribution in [3.63, 3.8) is 0 Å². The molecule has 0 saturated carbocycles. The number of rotatable bonds is 6. The van der Waals surface area contributed by atoms with Gasteiger partial charge in [0.1, 0.15) is 5.75 Å². The van der Waals surface area contributed by atoms with E-state index in [0.717, 1.165) is 5.75 Å². The number of ether oxygens (including phenoxy) is 1. The van der Waals surface area contributed by atoms with Gasteiger partial charge in [-0.25, -0.2) is 0 Å². The van der Waals surface area contributed by atoms with E-state index in [1.54, 1.807) is 0 Å². The van der Waals surface area contributed by atoms with Crippen molar-refractivity contribution in [2.75, 3.05) is 11.9 Å².